The molecule has 2 rings (SSSR count). The number of benzene rings is 1. The average molecular weight is 329 g/mol. The van der Waals surface area contributed by atoms with Gasteiger partial charge in [0.1, 0.15) is 0 Å². The Labute approximate surface area is 112 Å². The topological polar surface area (TPSA) is 12.0 Å². The molecule has 0 amide bonds. The largest absolute Gasteiger partial charge is 0.382 e. The fourth-order valence-electron chi connectivity index (χ4n) is 2.85. The Hall–Kier alpha value is -0.250. The van der Waals surface area contributed by atoms with Gasteiger partial charge in [0.15, 0.2) is 0 Å². The highest BCUT2D eigenvalue weighted by atomic mass is 127. The van der Waals surface area contributed by atoms with E-state index in [-0.39, 0.29) is 0 Å². The minimum Gasteiger partial charge on any atom is -0.382 e. The fourth-order valence-corrected chi connectivity index (χ4v) is 3.21. The predicted octanol–water partition coefficient (Wildman–Crippen LogP) is 4.53. The fraction of sp³-hybridized carbons (Fsp3) is 0.571. The van der Waals surface area contributed by atoms with E-state index in [0.29, 0.717) is 11.5 Å². The van der Waals surface area contributed by atoms with Gasteiger partial charge in [-0.25, -0.2) is 0 Å². The van der Waals surface area contributed by atoms with Crippen LogP contribution in [0.15, 0.2) is 24.3 Å². The molecular formula is C14H20IN. The van der Waals surface area contributed by atoms with Gasteiger partial charge in [0.05, 0.1) is 0 Å². The van der Waals surface area contributed by atoms with Gasteiger partial charge in [0, 0.05) is 15.3 Å². The van der Waals surface area contributed by atoms with Crippen molar-refractivity contribution in [2.45, 2.75) is 39.7 Å². The zero-order valence-electron chi connectivity index (χ0n) is 10.3. The van der Waals surface area contributed by atoms with Crippen molar-refractivity contribution in [1.29, 1.82) is 0 Å². The van der Waals surface area contributed by atoms with Gasteiger partial charge in [-0.1, -0.05) is 20.8 Å². The summed E-state index contributed by atoms with van der Waals surface area (Å²) in [4.78, 5) is 0. The van der Waals surface area contributed by atoms with Crippen LogP contribution >= 0.6 is 22.6 Å². The first-order chi connectivity index (χ1) is 7.46. The van der Waals surface area contributed by atoms with E-state index in [1.54, 1.807) is 0 Å². The Morgan fingerprint density at radius 1 is 1.19 bits per heavy atom. The van der Waals surface area contributed by atoms with E-state index in [0.717, 1.165) is 5.92 Å². The number of rotatable bonds is 2. The first-order valence-electron chi connectivity index (χ1n) is 5.98. The zero-order chi connectivity index (χ0) is 11.8. The monoisotopic (exact) mass is 329 g/mol. The molecule has 1 nitrogen and oxygen atoms in total. The number of nitrogens with one attached hydrogen (secondary N) is 1. The molecule has 2 unspecified atom stereocenters. The summed E-state index contributed by atoms with van der Waals surface area (Å²) < 4.78 is 1.29. The number of anilines is 1. The molecule has 0 bridgehead atoms. The van der Waals surface area contributed by atoms with Crippen LogP contribution in [0.1, 0.15) is 33.6 Å². The Morgan fingerprint density at radius 2 is 1.81 bits per heavy atom. The van der Waals surface area contributed by atoms with Gasteiger partial charge in [-0.3, -0.25) is 0 Å². The summed E-state index contributed by atoms with van der Waals surface area (Å²) in [5.74, 6) is 0.772. The van der Waals surface area contributed by atoms with Gasteiger partial charge in [0.25, 0.3) is 0 Å². The molecular weight excluding hydrogens is 309 g/mol. The van der Waals surface area contributed by atoms with Gasteiger partial charge in [-0.15, -0.1) is 0 Å². The van der Waals surface area contributed by atoms with Gasteiger partial charge in [-0.05, 0) is 71.0 Å². The van der Waals surface area contributed by atoms with Crippen molar-refractivity contribution < 1.29 is 0 Å². The Balaban J connectivity index is 2.03. The molecule has 2 heteroatoms. The van der Waals surface area contributed by atoms with E-state index >= 15 is 0 Å². The van der Waals surface area contributed by atoms with Crippen LogP contribution in [0.4, 0.5) is 5.69 Å². The number of hydrogen-bond acceptors (Lipinski definition) is 1. The van der Waals surface area contributed by atoms with E-state index < -0.39 is 0 Å². The summed E-state index contributed by atoms with van der Waals surface area (Å²) in [5, 5.41) is 3.67. The van der Waals surface area contributed by atoms with Crippen molar-refractivity contribution in [1.82, 2.24) is 0 Å². The SMILES string of the molecule is CC1CC(C)(C)CC1Nc1ccc(I)cc1. The molecule has 1 aliphatic rings. The van der Waals surface area contributed by atoms with Crippen molar-refractivity contribution in [3.63, 3.8) is 0 Å². The van der Waals surface area contributed by atoms with Crippen LogP contribution in [0, 0.1) is 14.9 Å². The third-order valence-corrected chi connectivity index (χ3v) is 4.25. The molecule has 1 N–H and O–H groups in total. The third-order valence-electron chi connectivity index (χ3n) is 3.53. The van der Waals surface area contributed by atoms with Crippen LogP contribution in [0.2, 0.25) is 0 Å². The molecule has 88 valence electrons. The molecule has 1 saturated carbocycles. The predicted molar refractivity (Wildman–Crippen MR) is 78.7 cm³/mol. The molecule has 0 saturated heterocycles. The van der Waals surface area contributed by atoms with Crippen molar-refractivity contribution >= 4 is 28.3 Å². The minimum absolute atomic E-state index is 0.500. The average Bonchev–Trinajstić information content (AvgIpc) is 2.44. The maximum Gasteiger partial charge on any atom is 0.0343 e. The van der Waals surface area contributed by atoms with Crippen molar-refractivity contribution in [2.24, 2.45) is 11.3 Å². The first kappa shape index (κ1) is 12.2. The zero-order valence-corrected chi connectivity index (χ0v) is 12.4. The van der Waals surface area contributed by atoms with Crippen LogP contribution in [-0.2, 0) is 0 Å². The third kappa shape index (κ3) is 2.90. The first-order valence-corrected chi connectivity index (χ1v) is 7.06. The van der Waals surface area contributed by atoms with Crippen LogP contribution in [-0.4, -0.2) is 6.04 Å². The summed E-state index contributed by atoms with van der Waals surface area (Å²) >= 11 is 2.34. The van der Waals surface area contributed by atoms with E-state index in [1.165, 1.54) is 22.1 Å². The standard InChI is InChI=1S/C14H20IN/c1-10-8-14(2,3)9-13(10)16-12-6-4-11(15)5-7-12/h4-7,10,13,16H,8-9H2,1-3H3. The second-order valence-corrected chi connectivity index (χ2v) is 7.05. The highest BCUT2D eigenvalue weighted by Gasteiger charge is 2.36. The molecule has 16 heavy (non-hydrogen) atoms. The summed E-state index contributed by atoms with van der Waals surface area (Å²) in [6, 6.07) is 9.32. The summed E-state index contributed by atoms with van der Waals surface area (Å²) in [6.45, 7) is 7.11. The molecule has 1 aromatic rings. The summed E-state index contributed by atoms with van der Waals surface area (Å²) in [5.41, 5.74) is 1.76. The van der Waals surface area contributed by atoms with Crippen molar-refractivity contribution in [2.75, 3.05) is 5.32 Å². The minimum atomic E-state index is 0.500. The summed E-state index contributed by atoms with van der Waals surface area (Å²) in [7, 11) is 0. The van der Waals surface area contributed by atoms with Crippen LogP contribution in [0.3, 0.4) is 0 Å². The van der Waals surface area contributed by atoms with Gasteiger partial charge >= 0.3 is 0 Å². The molecule has 0 aliphatic heterocycles. The molecule has 1 fully saturated rings. The van der Waals surface area contributed by atoms with Crippen molar-refractivity contribution in [3.05, 3.63) is 27.8 Å². The Morgan fingerprint density at radius 3 is 2.31 bits per heavy atom. The van der Waals surface area contributed by atoms with Crippen molar-refractivity contribution in [3.8, 4) is 0 Å². The van der Waals surface area contributed by atoms with Crippen LogP contribution in [0.25, 0.3) is 0 Å². The lowest BCUT2D eigenvalue weighted by atomic mass is 9.91. The summed E-state index contributed by atoms with van der Waals surface area (Å²) in [6.07, 6.45) is 2.61. The lowest BCUT2D eigenvalue weighted by molar-refractivity contribution is 0.366. The van der Waals surface area contributed by atoms with E-state index in [9.17, 15) is 0 Å². The number of hydrogen-bond donors (Lipinski definition) is 1. The molecule has 0 heterocycles. The molecule has 1 aliphatic carbocycles. The van der Waals surface area contributed by atoms with E-state index in [2.05, 4.69) is 72.9 Å². The normalized spacial score (nSPS) is 28.0. The maximum atomic E-state index is 3.67. The van der Waals surface area contributed by atoms with E-state index in [1.807, 2.05) is 0 Å². The van der Waals surface area contributed by atoms with E-state index in [4.69, 9.17) is 0 Å². The highest BCUT2D eigenvalue weighted by molar-refractivity contribution is 14.1. The Kier molecular flexibility index (Phi) is 3.48. The maximum absolute atomic E-state index is 3.67. The smallest absolute Gasteiger partial charge is 0.0343 e. The number of halogens is 1. The second-order valence-electron chi connectivity index (χ2n) is 5.81. The van der Waals surface area contributed by atoms with Gasteiger partial charge < -0.3 is 5.32 Å². The highest BCUT2D eigenvalue weighted by Crippen LogP contribution is 2.42. The van der Waals surface area contributed by atoms with Crippen LogP contribution in [0.5, 0.6) is 0 Å². The molecule has 0 radical (unpaired) electrons. The molecule has 1 aromatic carbocycles. The molecule has 0 spiro atoms. The quantitative estimate of drug-likeness (QED) is 0.786. The molecule has 2 atom stereocenters. The van der Waals surface area contributed by atoms with Crippen LogP contribution < -0.4 is 5.32 Å². The van der Waals surface area contributed by atoms with Gasteiger partial charge in [-0.2, -0.15) is 0 Å². The lowest BCUT2D eigenvalue weighted by Gasteiger charge is -2.19. The Bertz CT molecular complexity index is 356. The molecule has 0 aromatic heterocycles. The van der Waals surface area contributed by atoms with Gasteiger partial charge in [0.2, 0.25) is 0 Å². The lowest BCUT2D eigenvalue weighted by Crippen LogP contribution is -2.22. The second kappa shape index (κ2) is 4.55.